The van der Waals surface area contributed by atoms with Crippen molar-refractivity contribution in [2.75, 3.05) is 17.6 Å². The molecule has 0 bridgehead atoms. The van der Waals surface area contributed by atoms with Gasteiger partial charge in [0.1, 0.15) is 28.7 Å². The van der Waals surface area contributed by atoms with Crippen molar-refractivity contribution in [3.63, 3.8) is 0 Å². The Morgan fingerprint density at radius 2 is 2.00 bits per heavy atom. The fraction of sp³-hybridized carbons (Fsp3) is 0.222. The summed E-state index contributed by atoms with van der Waals surface area (Å²) < 4.78 is 1.91. The standard InChI is InChI=1S/C27H25N7O2.H2S/c1-3-7-22(35)33-14-6-8-20(33)26-32-23(24-25(28)30-13-15-34(24)26)18-10-11-19(17(2)16-18)27(36)31-21-9-4-5-12-29-21;/h4-5,9-13,15-16,20H,6,8,14H2,1-2H3,(H2,28,30)(H,29,31,36);1H2/t20-;/m0./s1. The number of carbonyl (C=O) groups excluding carboxylic acids is 2. The van der Waals surface area contributed by atoms with Gasteiger partial charge >= 0.3 is 0 Å². The number of hydrogen-bond donors (Lipinski definition) is 2. The Morgan fingerprint density at radius 3 is 2.73 bits per heavy atom. The van der Waals surface area contributed by atoms with Gasteiger partial charge in [0.25, 0.3) is 11.8 Å². The number of aryl methyl sites for hydroxylation is 1. The Kier molecular flexibility index (Phi) is 7.45. The molecule has 1 aromatic carbocycles. The number of anilines is 2. The van der Waals surface area contributed by atoms with Crippen LogP contribution in [0.5, 0.6) is 0 Å². The van der Waals surface area contributed by atoms with Gasteiger partial charge in [-0.3, -0.25) is 14.0 Å². The van der Waals surface area contributed by atoms with Crippen LogP contribution in [-0.2, 0) is 4.79 Å². The van der Waals surface area contributed by atoms with E-state index in [1.807, 2.05) is 35.7 Å². The molecular formula is C27H27N7O2S. The summed E-state index contributed by atoms with van der Waals surface area (Å²) in [5, 5.41) is 2.82. The lowest BCUT2D eigenvalue weighted by Gasteiger charge is -2.21. The summed E-state index contributed by atoms with van der Waals surface area (Å²) in [5.41, 5.74) is 9.73. The van der Waals surface area contributed by atoms with Gasteiger partial charge in [0.2, 0.25) is 0 Å². The molecule has 1 saturated heterocycles. The number of rotatable bonds is 4. The molecule has 5 rings (SSSR count). The molecule has 2 amide bonds. The van der Waals surface area contributed by atoms with Crippen molar-refractivity contribution in [3.05, 3.63) is 71.9 Å². The van der Waals surface area contributed by atoms with Crippen molar-refractivity contribution in [2.45, 2.75) is 32.7 Å². The summed E-state index contributed by atoms with van der Waals surface area (Å²) >= 11 is 0. The minimum Gasteiger partial charge on any atom is -0.382 e. The zero-order valence-electron chi connectivity index (χ0n) is 20.5. The van der Waals surface area contributed by atoms with Gasteiger partial charge in [-0.2, -0.15) is 13.5 Å². The predicted octanol–water partition coefficient (Wildman–Crippen LogP) is 3.73. The van der Waals surface area contributed by atoms with E-state index < -0.39 is 0 Å². The second kappa shape index (κ2) is 10.7. The lowest BCUT2D eigenvalue weighted by Crippen LogP contribution is -2.30. The average Bonchev–Trinajstić information content (AvgIpc) is 3.50. The first-order chi connectivity index (χ1) is 17.5. The number of aromatic nitrogens is 4. The summed E-state index contributed by atoms with van der Waals surface area (Å²) in [6.45, 7) is 4.15. The van der Waals surface area contributed by atoms with E-state index in [2.05, 4.69) is 27.1 Å². The van der Waals surface area contributed by atoms with Crippen molar-refractivity contribution in [3.8, 4) is 23.1 Å². The molecule has 10 heteroatoms. The molecule has 1 aliphatic heterocycles. The molecule has 0 unspecified atom stereocenters. The molecule has 37 heavy (non-hydrogen) atoms. The second-order valence-electron chi connectivity index (χ2n) is 8.58. The highest BCUT2D eigenvalue weighted by molar-refractivity contribution is 7.59. The topological polar surface area (TPSA) is 119 Å². The normalized spacial score (nSPS) is 14.5. The molecule has 3 N–H and O–H groups in total. The summed E-state index contributed by atoms with van der Waals surface area (Å²) in [5.74, 6) is 6.43. The Morgan fingerprint density at radius 1 is 1.16 bits per heavy atom. The lowest BCUT2D eigenvalue weighted by molar-refractivity contribution is -0.126. The maximum absolute atomic E-state index is 12.8. The number of hydrogen-bond acceptors (Lipinski definition) is 6. The Hall–Kier alpha value is -4.36. The van der Waals surface area contributed by atoms with Crippen LogP contribution in [0.3, 0.4) is 0 Å². The average molecular weight is 514 g/mol. The van der Waals surface area contributed by atoms with Crippen molar-refractivity contribution in [1.82, 2.24) is 24.3 Å². The third-order valence-electron chi connectivity index (χ3n) is 6.30. The quantitative estimate of drug-likeness (QED) is 0.402. The van der Waals surface area contributed by atoms with Crippen LogP contribution in [0.2, 0.25) is 0 Å². The summed E-state index contributed by atoms with van der Waals surface area (Å²) in [7, 11) is 0. The predicted molar refractivity (Wildman–Crippen MR) is 147 cm³/mol. The van der Waals surface area contributed by atoms with Crippen LogP contribution in [0.25, 0.3) is 16.8 Å². The van der Waals surface area contributed by atoms with Crippen LogP contribution in [0.15, 0.2) is 55.0 Å². The molecule has 0 spiro atoms. The van der Waals surface area contributed by atoms with Crippen LogP contribution in [0, 0.1) is 18.8 Å². The van der Waals surface area contributed by atoms with Gasteiger partial charge in [-0.15, -0.1) is 0 Å². The number of nitrogens with zero attached hydrogens (tertiary/aromatic N) is 5. The summed E-state index contributed by atoms with van der Waals surface area (Å²) in [4.78, 5) is 40.6. The zero-order chi connectivity index (χ0) is 25.2. The third-order valence-corrected chi connectivity index (χ3v) is 6.30. The Bertz CT molecular complexity index is 1540. The molecule has 0 saturated carbocycles. The molecule has 9 nitrogen and oxygen atoms in total. The number of nitrogen functional groups attached to an aromatic ring is 1. The van der Waals surface area contributed by atoms with E-state index in [-0.39, 0.29) is 31.4 Å². The molecule has 4 aromatic rings. The third kappa shape index (κ3) is 4.86. The van der Waals surface area contributed by atoms with Crippen molar-refractivity contribution < 1.29 is 9.59 Å². The Balaban J connectivity index is 0.00000320. The van der Waals surface area contributed by atoms with Crippen molar-refractivity contribution in [2.24, 2.45) is 0 Å². The van der Waals surface area contributed by atoms with E-state index >= 15 is 0 Å². The largest absolute Gasteiger partial charge is 0.382 e. The van der Waals surface area contributed by atoms with Crippen molar-refractivity contribution in [1.29, 1.82) is 0 Å². The zero-order valence-corrected chi connectivity index (χ0v) is 21.5. The van der Waals surface area contributed by atoms with Gasteiger partial charge < -0.3 is 16.0 Å². The van der Waals surface area contributed by atoms with E-state index in [1.165, 1.54) is 0 Å². The maximum Gasteiger partial charge on any atom is 0.299 e. The number of amides is 2. The molecule has 4 heterocycles. The highest BCUT2D eigenvalue weighted by Crippen LogP contribution is 2.36. The molecule has 1 aliphatic rings. The first-order valence-electron chi connectivity index (χ1n) is 11.7. The van der Waals surface area contributed by atoms with E-state index in [0.29, 0.717) is 40.8 Å². The van der Waals surface area contributed by atoms with E-state index in [9.17, 15) is 9.59 Å². The lowest BCUT2D eigenvalue weighted by atomic mass is 10.0. The fourth-order valence-corrected chi connectivity index (χ4v) is 4.67. The molecule has 0 aliphatic carbocycles. The van der Waals surface area contributed by atoms with E-state index in [4.69, 9.17) is 10.7 Å². The molecule has 1 atom stereocenters. The van der Waals surface area contributed by atoms with Crippen LogP contribution in [0.4, 0.5) is 11.6 Å². The molecule has 3 aromatic heterocycles. The number of pyridine rings is 1. The molecule has 188 valence electrons. The fourth-order valence-electron chi connectivity index (χ4n) is 4.67. The number of imidazole rings is 1. The van der Waals surface area contributed by atoms with Crippen LogP contribution in [0.1, 0.15) is 47.6 Å². The Labute approximate surface area is 221 Å². The first kappa shape index (κ1) is 25.7. The van der Waals surface area contributed by atoms with Gasteiger partial charge in [-0.25, -0.2) is 15.0 Å². The number of nitrogens with two attached hydrogens (primary N) is 1. The van der Waals surface area contributed by atoms with Gasteiger partial charge in [-0.1, -0.05) is 18.1 Å². The molecular weight excluding hydrogens is 486 g/mol. The smallest absolute Gasteiger partial charge is 0.299 e. The highest BCUT2D eigenvalue weighted by Gasteiger charge is 2.33. The number of benzene rings is 1. The van der Waals surface area contributed by atoms with Gasteiger partial charge in [0, 0.05) is 36.3 Å². The van der Waals surface area contributed by atoms with Gasteiger partial charge in [-0.05, 0) is 62.4 Å². The van der Waals surface area contributed by atoms with Gasteiger partial charge in [0.05, 0.1) is 6.04 Å². The van der Waals surface area contributed by atoms with E-state index in [1.54, 1.807) is 42.4 Å². The molecule has 1 fully saturated rings. The maximum atomic E-state index is 12.8. The van der Waals surface area contributed by atoms with E-state index in [0.717, 1.165) is 24.0 Å². The molecule has 0 radical (unpaired) electrons. The number of nitrogens with one attached hydrogen (secondary N) is 1. The summed E-state index contributed by atoms with van der Waals surface area (Å²) in [6.07, 6.45) is 6.71. The van der Waals surface area contributed by atoms with Crippen LogP contribution >= 0.6 is 13.5 Å². The summed E-state index contributed by atoms with van der Waals surface area (Å²) in [6, 6.07) is 10.6. The van der Waals surface area contributed by atoms with Crippen molar-refractivity contribution >= 4 is 42.5 Å². The highest BCUT2D eigenvalue weighted by atomic mass is 32.1. The van der Waals surface area contributed by atoms with Crippen LogP contribution in [-0.4, -0.2) is 42.6 Å². The first-order valence-corrected chi connectivity index (χ1v) is 11.7. The minimum atomic E-state index is -0.244. The van der Waals surface area contributed by atoms with Crippen LogP contribution < -0.4 is 11.1 Å². The number of likely N-dealkylation sites (tertiary alicyclic amines) is 1. The second-order valence-corrected chi connectivity index (χ2v) is 8.58. The number of fused-ring (bicyclic) bond motifs is 1. The monoisotopic (exact) mass is 513 g/mol. The van der Waals surface area contributed by atoms with Gasteiger partial charge in [0.15, 0.2) is 0 Å². The minimum absolute atomic E-state index is 0. The SMILES string of the molecule is CC#CC(=O)N1CCC[C@H]1c1nc(-c2ccc(C(=O)Nc3ccccn3)c(C)c2)c2c(N)nccn12.S. The number of carbonyl (C=O) groups is 2.